The zero-order chi connectivity index (χ0) is 39.2. The fourth-order valence-electron chi connectivity index (χ4n) is 7.21. The number of halogens is 1. The molecule has 0 bridgehead atoms. The molecule has 0 radical (unpaired) electrons. The van der Waals surface area contributed by atoms with Crippen molar-refractivity contribution in [3.8, 4) is 17.2 Å². The summed E-state index contributed by atoms with van der Waals surface area (Å²) < 4.78 is 28.8. The molecule has 4 aromatic rings. The number of methoxy groups -OCH3 is 3. The van der Waals surface area contributed by atoms with Crippen LogP contribution in [-0.4, -0.2) is 105 Å². The van der Waals surface area contributed by atoms with Crippen LogP contribution in [0.4, 0.5) is 4.39 Å². The first-order valence-electron chi connectivity index (χ1n) is 19.2. The van der Waals surface area contributed by atoms with Gasteiger partial charge in [0.25, 0.3) is 0 Å². The minimum absolute atomic E-state index is 0.0898. The van der Waals surface area contributed by atoms with Crippen molar-refractivity contribution >= 4 is 11.8 Å². The van der Waals surface area contributed by atoms with Crippen LogP contribution in [0.5, 0.6) is 17.2 Å². The number of ether oxygens (including phenoxy) is 3. The molecule has 4 aromatic carbocycles. The van der Waals surface area contributed by atoms with Crippen LogP contribution in [0, 0.1) is 5.82 Å². The maximum atomic E-state index is 13.2. The molecule has 9 nitrogen and oxygen atoms in total. The zero-order valence-electron chi connectivity index (χ0n) is 33.1. The molecule has 0 saturated carbocycles. The van der Waals surface area contributed by atoms with Crippen molar-refractivity contribution in [3.05, 3.63) is 125 Å². The maximum Gasteiger partial charge on any atom is 0.227 e. The first-order chi connectivity index (χ1) is 26.6. The highest BCUT2D eigenvalue weighted by Gasteiger charge is 2.28. The molecule has 2 amide bonds. The number of nitrogens with zero attached hydrogens (tertiary/aromatic N) is 4. The van der Waals surface area contributed by atoms with Crippen LogP contribution in [-0.2, 0) is 35.5 Å². The van der Waals surface area contributed by atoms with E-state index < -0.39 is 0 Å². The van der Waals surface area contributed by atoms with Crippen molar-refractivity contribution < 1.29 is 28.2 Å². The van der Waals surface area contributed by atoms with Crippen LogP contribution in [0.15, 0.2) is 97.1 Å². The molecule has 0 N–H and O–H groups in total. The molecule has 0 aromatic heterocycles. The Morgan fingerprint density at radius 1 is 0.527 bits per heavy atom. The normalized spacial score (nSPS) is 15.4. The number of rotatable bonds is 13. The van der Waals surface area contributed by atoms with E-state index >= 15 is 0 Å². The van der Waals surface area contributed by atoms with Crippen molar-refractivity contribution in [1.82, 2.24) is 19.6 Å². The second kappa shape index (κ2) is 20.7. The minimum Gasteiger partial charge on any atom is -0.497 e. The number of carbonyl (C=O) groups is 2. The standard InChI is InChI=1S/C23H30N2O3.C22H27FN2O2/c1-24-14-12-20(13-15-24)25(17-19-6-10-22(28-3)11-7-19)23(26)16-18-4-8-21(27-2)9-5-18;1-24-13-11-20(12-14-24)25(16-18-5-9-21(27-2)10-6-18)22(26)15-17-3-7-19(23)8-4-17/h4-11,20H,12-17H2,1-3H3;3-10,20H,11-16H2,1-2H3. The van der Waals surface area contributed by atoms with E-state index in [1.807, 2.05) is 77.7 Å². The molecule has 2 heterocycles. The lowest BCUT2D eigenvalue weighted by Crippen LogP contribution is -2.46. The first-order valence-corrected chi connectivity index (χ1v) is 19.2. The number of hydrogen-bond donors (Lipinski definition) is 0. The highest BCUT2D eigenvalue weighted by molar-refractivity contribution is 5.79. The van der Waals surface area contributed by atoms with Crippen molar-refractivity contribution in [1.29, 1.82) is 0 Å². The molecule has 0 spiro atoms. The molecule has 0 aliphatic carbocycles. The molecule has 6 rings (SSSR count). The molecule has 55 heavy (non-hydrogen) atoms. The molecule has 0 unspecified atom stereocenters. The van der Waals surface area contributed by atoms with E-state index in [1.165, 1.54) is 12.1 Å². The third-order valence-corrected chi connectivity index (χ3v) is 10.7. The first kappa shape index (κ1) is 41.2. The van der Waals surface area contributed by atoms with E-state index in [2.05, 4.69) is 28.8 Å². The molecule has 0 atom stereocenters. The smallest absolute Gasteiger partial charge is 0.227 e. The van der Waals surface area contributed by atoms with Crippen LogP contribution in [0.2, 0.25) is 0 Å². The third-order valence-electron chi connectivity index (χ3n) is 10.7. The van der Waals surface area contributed by atoms with Crippen LogP contribution in [0.25, 0.3) is 0 Å². The Hall–Kier alpha value is -4.93. The van der Waals surface area contributed by atoms with Gasteiger partial charge in [0, 0.05) is 25.2 Å². The largest absolute Gasteiger partial charge is 0.497 e. The molecular weight excluding hydrogens is 696 g/mol. The second-order valence-corrected chi connectivity index (χ2v) is 14.6. The summed E-state index contributed by atoms with van der Waals surface area (Å²) in [6.07, 6.45) is 4.68. The minimum atomic E-state index is -0.281. The average Bonchev–Trinajstić information content (AvgIpc) is 3.21. The van der Waals surface area contributed by atoms with E-state index in [4.69, 9.17) is 14.2 Å². The van der Waals surface area contributed by atoms with Gasteiger partial charge in [-0.15, -0.1) is 0 Å². The quantitative estimate of drug-likeness (QED) is 0.148. The molecule has 10 heteroatoms. The fourth-order valence-corrected chi connectivity index (χ4v) is 7.21. The number of carbonyl (C=O) groups excluding carboxylic acids is 2. The SMILES string of the molecule is COc1ccc(CC(=O)N(Cc2ccc(OC)cc2)C2CCN(C)CC2)cc1.COc1ccc(CN(C(=O)Cc2ccc(F)cc2)C2CCN(C)CC2)cc1. The Bertz CT molecular complexity index is 1750. The predicted octanol–water partition coefficient (Wildman–Crippen LogP) is 6.87. The number of piperidine rings is 2. The summed E-state index contributed by atoms with van der Waals surface area (Å²) in [5, 5.41) is 0. The fraction of sp³-hybridized carbons (Fsp3) is 0.422. The Morgan fingerprint density at radius 3 is 1.13 bits per heavy atom. The monoisotopic (exact) mass is 752 g/mol. The average molecular weight is 753 g/mol. The summed E-state index contributed by atoms with van der Waals surface area (Å²) in [6.45, 7) is 5.26. The van der Waals surface area contributed by atoms with Crippen LogP contribution < -0.4 is 14.2 Å². The Balaban J connectivity index is 0.000000211. The zero-order valence-corrected chi connectivity index (χ0v) is 33.1. The van der Waals surface area contributed by atoms with Crippen LogP contribution in [0.1, 0.15) is 47.9 Å². The van der Waals surface area contributed by atoms with Gasteiger partial charge in [-0.05, 0) is 137 Å². The molecule has 2 aliphatic rings. The highest BCUT2D eigenvalue weighted by atomic mass is 19.1. The number of hydrogen-bond acceptors (Lipinski definition) is 7. The predicted molar refractivity (Wildman–Crippen MR) is 215 cm³/mol. The van der Waals surface area contributed by atoms with Gasteiger partial charge < -0.3 is 33.8 Å². The second-order valence-electron chi connectivity index (χ2n) is 14.6. The van der Waals surface area contributed by atoms with Crippen molar-refractivity contribution in [2.75, 3.05) is 61.6 Å². The Kier molecular flexibility index (Phi) is 15.5. The topological polar surface area (TPSA) is 74.8 Å². The third kappa shape index (κ3) is 12.6. The Labute approximate surface area is 326 Å². The lowest BCUT2D eigenvalue weighted by Gasteiger charge is -2.37. The van der Waals surface area contributed by atoms with Gasteiger partial charge >= 0.3 is 0 Å². The van der Waals surface area contributed by atoms with Gasteiger partial charge in [-0.2, -0.15) is 0 Å². The van der Waals surface area contributed by atoms with Crippen molar-refractivity contribution in [2.45, 2.75) is 63.7 Å². The van der Waals surface area contributed by atoms with Crippen LogP contribution >= 0.6 is 0 Å². The van der Waals surface area contributed by atoms with Crippen molar-refractivity contribution in [3.63, 3.8) is 0 Å². The lowest BCUT2D eigenvalue weighted by atomic mass is 10.0. The summed E-state index contributed by atoms with van der Waals surface area (Å²) in [5.74, 6) is 2.43. The molecule has 2 fully saturated rings. The summed E-state index contributed by atoms with van der Waals surface area (Å²) in [5.41, 5.74) is 4.07. The number of amides is 2. The molecular formula is C45H57FN4O5. The van der Waals surface area contributed by atoms with E-state index in [-0.39, 0.29) is 29.7 Å². The lowest BCUT2D eigenvalue weighted by molar-refractivity contribution is -0.135. The van der Waals surface area contributed by atoms with E-state index in [0.29, 0.717) is 25.9 Å². The van der Waals surface area contributed by atoms with E-state index in [0.717, 1.165) is 91.4 Å². The van der Waals surface area contributed by atoms with Gasteiger partial charge in [0.2, 0.25) is 11.8 Å². The Morgan fingerprint density at radius 2 is 0.818 bits per heavy atom. The highest BCUT2D eigenvalue weighted by Crippen LogP contribution is 2.24. The summed E-state index contributed by atoms with van der Waals surface area (Å²) in [7, 11) is 9.22. The summed E-state index contributed by atoms with van der Waals surface area (Å²) in [4.78, 5) is 35.0. The van der Waals surface area contributed by atoms with E-state index in [9.17, 15) is 14.0 Å². The summed E-state index contributed by atoms with van der Waals surface area (Å²) >= 11 is 0. The van der Waals surface area contributed by atoms with Crippen LogP contribution in [0.3, 0.4) is 0 Å². The molecule has 2 saturated heterocycles. The van der Waals surface area contributed by atoms with Gasteiger partial charge in [-0.1, -0.05) is 48.5 Å². The molecule has 2 aliphatic heterocycles. The van der Waals surface area contributed by atoms with E-state index in [1.54, 1.807) is 33.5 Å². The van der Waals surface area contributed by atoms with Gasteiger partial charge in [-0.3, -0.25) is 9.59 Å². The maximum absolute atomic E-state index is 13.2. The van der Waals surface area contributed by atoms with Gasteiger partial charge in [0.05, 0.1) is 34.2 Å². The van der Waals surface area contributed by atoms with Gasteiger partial charge in [-0.25, -0.2) is 4.39 Å². The number of likely N-dealkylation sites (tertiary alicyclic amines) is 2. The van der Waals surface area contributed by atoms with Gasteiger partial charge in [0.1, 0.15) is 23.1 Å². The van der Waals surface area contributed by atoms with Crippen molar-refractivity contribution in [2.24, 2.45) is 0 Å². The molecule has 294 valence electrons. The summed E-state index contributed by atoms with van der Waals surface area (Å²) in [6, 6.07) is 30.3. The number of benzene rings is 4. The van der Waals surface area contributed by atoms with Gasteiger partial charge in [0.15, 0.2) is 0 Å².